The molecule has 110 valence electrons. The highest BCUT2D eigenvalue weighted by Crippen LogP contribution is 2.20. The topological polar surface area (TPSA) is 26.3 Å². The van der Waals surface area contributed by atoms with E-state index in [0.717, 1.165) is 12.2 Å². The van der Waals surface area contributed by atoms with Gasteiger partial charge in [0.15, 0.2) is 12.4 Å². The van der Waals surface area contributed by atoms with Gasteiger partial charge in [-0.3, -0.25) is 4.79 Å². The molecule has 0 unspecified atom stereocenters. The highest BCUT2D eigenvalue weighted by molar-refractivity contribution is 5.97. The zero-order valence-corrected chi connectivity index (χ0v) is 12.9. The SMILES string of the molecule is CCc1ccc(C(=O)COc2cccc(C(C)C)c2)cc1. The second-order valence-corrected chi connectivity index (χ2v) is 5.49. The maximum atomic E-state index is 12.1. The number of ether oxygens (including phenoxy) is 1. The fourth-order valence-electron chi connectivity index (χ4n) is 2.12. The van der Waals surface area contributed by atoms with Crippen molar-refractivity contribution in [3.8, 4) is 5.75 Å². The van der Waals surface area contributed by atoms with Gasteiger partial charge in [0, 0.05) is 5.56 Å². The lowest BCUT2D eigenvalue weighted by Crippen LogP contribution is -2.11. The minimum absolute atomic E-state index is 0.00704. The molecule has 0 fully saturated rings. The lowest BCUT2D eigenvalue weighted by Gasteiger charge is -2.09. The molecule has 2 aromatic carbocycles. The molecule has 0 saturated carbocycles. The number of hydrogen-bond donors (Lipinski definition) is 0. The van der Waals surface area contributed by atoms with E-state index in [1.54, 1.807) is 0 Å². The van der Waals surface area contributed by atoms with Crippen LogP contribution in [0.3, 0.4) is 0 Å². The van der Waals surface area contributed by atoms with Gasteiger partial charge in [-0.15, -0.1) is 0 Å². The van der Waals surface area contributed by atoms with Gasteiger partial charge in [-0.1, -0.05) is 57.2 Å². The van der Waals surface area contributed by atoms with Crippen molar-refractivity contribution in [2.45, 2.75) is 33.1 Å². The van der Waals surface area contributed by atoms with Gasteiger partial charge < -0.3 is 4.74 Å². The van der Waals surface area contributed by atoms with Crippen LogP contribution in [0, 0.1) is 0 Å². The van der Waals surface area contributed by atoms with E-state index in [-0.39, 0.29) is 12.4 Å². The molecule has 2 heteroatoms. The van der Waals surface area contributed by atoms with Crippen LogP contribution in [0.15, 0.2) is 48.5 Å². The van der Waals surface area contributed by atoms with Crippen molar-refractivity contribution in [2.75, 3.05) is 6.61 Å². The van der Waals surface area contributed by atoms with Gasteiger partial charge in [-0.2, -0.15) is 0 Å². The summed E-state index contributed by atoms with van der Waals surface area (Å²) in [7, 11) is 0. The lowest BCUT2D eigenvalue weighted by molar-refractivity contribution is 0.0921. The Morgan fingerprint density at radius 3 is 2.43 bits per heavy atom. The molecule has 0 aliphatic heterocycles. The normalized spacial score (nSPS) is 10.7. The van der Waals surface area contributed by atoms with Crippen LogP contribution in [0.5, 0.6) is 5.75 Å². The zero-order chi connectivity index (χ0) is 15.2. The molecule has 2 rings (SSSR count). The van der Waals surface area contributed by atoms with E-state index in [1.165, 1.54) is 11.1 Å². The Hall–Kier alpha value is -2.09. The van der Waals surface area contributed by atoms with Crippen molar-refractivity contribution >= 4 is 5.78 Å². The molecule has 2 aromatic rings. The Bertz CT molecular complexity index is 597. The number of ketones is 1. The van der Waals surface area contributed by atoms with E-state index in [0.29, 0.717) is 11.5 Å². The number of Topliss-reactive ketones (excluding diaryl/α,β-unsaturated/α-hetero) is 1. The minimum atomic E-state index is 0.00704. The first-order valence-electron chi connectivity index (χ1n) is 7.45. The summed E-state index contributed by atoms with van der Waals surface area (Å²) >= 11 is 0. The monoisotopic (exact) mass is 282 g/mol. The molecule has 0 aliphatic rings. The number of carbonyl (C=O) groups excluding carboxylic acids is 1. The maximum Gasteiger partial charge on any atom is 0.200 e. The number of rotatable bonds is 6. The smallest absolute Gasteiger partial charge is 0.200 e. The van der Waals surface area contributed by atoms with Crippen LogP contribution < -0.4 is 4.74 Å². The average Bonchev–Trinajstić information content (AvgIpc) is 2.53. The predicted octanol–water partition coefficient (Wildman–Crippen LogP) is 4.63. The number of hydrogen-bond acceptors (Lipinski definition) is 2. The van der Waals surface area contributed by atoms with Crippen molar-refractivity contribution in [1.29, 1.82) is 0 Å². The van der Waals surface area contributed by atoms with Gasteiger partial charge in [0.2, 0.25) is 0 Å². The van der Waals surface area contributed by atoms with Crippen molar-refractivity contribution in [1.82, 2.24) is 0 Å². The summed E-state index contributed by atoms with van der Waals surface area (Å²) in [5, 5.41) is 0. The molecule has 0 radical (unpaired) electrons. The molecule has 21 heavy (non-hydrogen) atoms. The molecular formula is C19H22O2. The fraction of sp³-hybridized carbons (Fsp3) is 0.316. The molecule has 0 aliphatic carbocycles. The highest BCUT2D eigenvalue weighted by atomic mass is 16.5. The van der Waals surface area contributed by atoms with Crippen LogP contribution >= 0.6 is 0 Å². The number of aryl methyl sites for hydroxylation is 1. The summed E-state index contributed by atoms with van der Waals surface area (Å²) in [4.78, 5) is 12.1. The maximum absolute atomic E-state index is 12.1. The Balaban J connectivity index is 1.98. The van der Waals surface area contributed by atoms with Gasteiger partial charge in [-0.05, 0) is 35.6 Å². The standard InChI is InChI=1S/C19H22O2/c1-4-15-8-10-16(11-9-15)19(20)13-21-18-7-5-6-17(12-18)14(2)3/h5-12,14H,4,13H2,1-3H3. The summed E-state index contributed by atoms with van der Waals surface area (Å²) in [5.41, 5.74) is 3.15. The van der Waals surface area contributed by atoms with Gasteiger partial charge in [0.05, 0.1) is 0 Å². The second-order valence-electron chi connectivity index (χ2n) is 5.49. The van der Waals surface area contributed by atoms with Crippen LogP contribution in [0.4, 0.5) is 0 Å². The first-order valence-corrected chi connectivity index (χ1v) is 7.45. The van der Waals surface area contributed by atoms with E-state index in [4.69, 9.17) is 4.74 Å². The van der Waals surface area contributed by atoms with Crippen molar-refractivity contribution in [3.05, 3.63) is 65.2 Å². The van der Waals surface area contributed by atoms with Crippen LogP contribution in [0.25, 0.3) is 0 Å². The molecule has 0 spiro atoms. The van der Waals surface area contributed by atoms with E-state index in [2.05, 4.69) is 26.8 Å². The molecule has 2 nitrogen and oxygen atoms in total. The van der Waals surface area contributed by atoms with Crippen molar-refractivity contribution in [2.24, 2.45) is 0 Å². The van der Waals surface area contributed by atoms with Crippen LogP contribution in [0.2, 0.25) is 0 Å². The second kappa shape index (κ2) is 7.07. The third-order valence-corrected chi connectivity index (χ3v) is 3.58. The Labute approximate surface area is 126 Å². The summed E-state index contributed by atoms with van der Waals surface area (Å²) in [5.74, 6) is 1.21. The van der Waals surface area contributed by atoms with Crippen LogP contribution in [-0.4, -0.2) is 12.4 Å². The largest absolute Gasteiger partial charge is 0.485 e. The third kappa shape index (κ3) is 4.19. The van der Waals surface area contributed by atoms with E-state index < -0.39 is 0 Å². The summed E-state index contributed by atoms with van der Waals surface area (Å²) in [6.45, 7) is 6.45. The lowest BCUT2D eigenvalue weighted by atomic mass is 10.0. The van der Waals surface area contributed by atoms with Gasteiger partial charge in [0.1, 0.15) is 5.75 Å². The summed E-state index contributed by atoms with van der Waals surface area (Å²) in [6, 6.07) is 15.6. The molecule has 0 aromatic heterocycles. The molecule has 0 amide bonds. The van der Waals surface area contributed by atoms with Gasteiger partial charge in [0.25, 0.3) is 0 Å². The molecule has 0 saturated heterocycles. The number of benzene rings is 2. The quantitative estimate of drug-likeness (QED) is 0.722. The third-order valence-electron chi connectivity index (χ3n) is 3.58. The van der Waals surface area contributed by atoms with E-state index in [1.807, 2.05) is 42.5 Å². The average molecular weight is 282 g/mol. The van der Waals surface area contributed by atoms with Crippen molar-refractivity contribution in [3.63, 3.8) is 0 Å². The molecule has 0 heterocycles. The summed E-state index contributed by atoms with van der Waals surface area (Å²) in [6.07, 6.45) is 0.979. The zero-order valence-electron chi connectivity index (χ0n) is 12.9. The first-order chi connectivity index (χ1) is 10.1. The van der Waals surface area contributed by atoms with E-state index in [9.17, 15) is 4.79 Å². The highest BCUT2D eigenvalue weighted by Gasteiger charge is 2.07. The fourth-order valence-corrected chi connectivity index (χ4v) is 2.12. The molecular weight excluding hydrogens is 260 g/mol. The first kappa shape index (κ1) is 15.3. The van der Waals surface area contributed by atoms with Crippen LogP contribution in [-0.2, 0) is 6.42 Å². The Kier molecular flexibility index (Phi) is 5.15. The predicted molar refractivity (Wildman–Crippen MR) is 86.2 cm³/mol. The van der Waals surface area contributed by atoms with Gasteiger partial charge in [-0.25, -0.2) is 0 Å². The Morgan fingerprint density at radius 1 is 1.10 bits per heavy atom. The summed E-state index contributed by atoms with van der Waals surface area (Å²) < 4.78 is 5.62. The van der Waals surface area contributed by atoms with Crippen molar-refractivity contribution < 1.29 is 9.53 Å². The number of carbonyl (C=O) groups is 1. The molecule has 0 atom stereocenters. The van der Waals surface area contributed by atoms with E-state index >= 15 is 0 Å². The Morgan fingerprint density at radius 2 is 1.81 bits per heavy atom. The minimum Gasteiger partial charge on any atom is -0.485 e. The molecule has 0 N–H and O–H groups in total. The van der Waals surface area contributed by atoms with Crippen LogP contribution in [0.1, 0.15) is 48.2 Å². The molecule has 0 bridgehead atoms. The van der Waals surface area contributed by atoms with Gasteiger partial charge >= 0.3 is 0 Å².